The SMILES string of the molecule is CSCCC(NC(=O)c1ccccc1)C(O)C(O)C(Cc1cc(F)cc(F)c1)NC(=O)c1csc(N(C)S(C)(=O)=O)n1. The number of hydrogen-bond donors (Lipinski definition) is 4. The highest BCUT2D eigenvalue weighted by Gasteiger charge is 2.35. The maximum absolute atomic E-state index is 14.0. The molecule has 4 unspecified atom stereocenters. The Morgan fingerprint density at radius 1 is 1.02 bits per heavy atom. The number of hydrogen-bond acceptors (Lipinski definition) is 9. The number of benzene rings is 2. The molecular formula is C27H32F2N4O6S3. The zero-order chi connectivity index (χ0) is 31.0. The summed E-state index contributed by atoms with van der Waals surface area (Å²) in [6.45, 7) is 0. The summed E-state index contributed by atoms with van der Waals surface area (Å²) in [4.78, 5) is 30.0. The number of nitrogens with zero attached hydrogens (tertiary/aromatic N) is 2. The first kappa shape index (κ1) is 33.4. The summed E-state index contributed by atoms with van der Waals surface area (Å²) < 4.78 is 52.5. The highest BCUT2D eigenvalue weighted by atomic mass is 32.2. The van der Waals surface area contributed by atoms with Gasteiger partial charge in [0.2, 0.25) is 10.0 Å². The van der Waals surface area contributed by atoms with E-state index in [4.69, 9.17) is 0 Å². The lowest BCUT2D eigenvalue weighted by atomic mass is 9.92. The van der Waals surface area contributed by atoms with Crippen molar-refractivity contribution in [3.8, 4) is 0 Å². The van der Waals surface area contributed by atoms with Crippen molar-refractivity contribution >= 4 is 50.1 Å². The summed E-state index contributed by atoms with van der Waals surface area (Å²) >= 11 is 2.35. The van der Waals surface area contributed by atoms with Crippen molar-refractivity contribution in [2.24, 2.45) is 0 Å². The minimum atomic E-state index is -3.64. The van der Waals surface area contributed by atoms with Crippen LogP contribution >= 0.6 is 23.1 Å². The van der Waals surface area contributed by atoms with Gasteiger partial charge in [0.1, 0.15) is 29.5 Å². The standard InChI is InChI=1S/C27H32F2N4O6S3/c1-33(42(3,38)39)27-32-22(15-41-27)26(37)31-21(13-16-11-18(28)14-19(29)12-16)24(35)23(34)20(9-10-40-2)30-25(36)17-7-5-4-6-8-17/h4-8,11-12,14-15,20-21,23-24,34-35H,9-10,13H2,1-3H3,(H,30,36)(H,31,37). The van der Waals surface area contributed by atoms with Gasteiger partial charge in [-0.1, -0.05) is 18.2 Å². The number of amides is 2. The van der Waals surface area contributed by atoms with Gasteiger partial charge in [-0.05, 0) is 54.7 Å². The summed E-state index contributed by atoms with van der Waals surface area (Å²) in [6.07, 6.45) is -0.523. The quantitative estimate of drug-likeness (QED) is 0.210. The minimum absolute atomic E-state index is 0.0211. The van der Waals surface area contributed by atoms with Crippen LogP contribution in [0.2, 0.25) is 0 Å². The Bertz CT molecular complexity index is 1460. The van der Waals surface area contributed by atoms with Gasteiger partial charge >= 0.3 is 0 Å². The van der Waals surface area contributed by atoms with Gasteiger partial charge in [0.05, 0.1) is 18.3 Å². The molecule has 0 aliphatic rings. The number of carbonyl (C=O) groups excluding carboxylic acids is 2. The van der Waals surface area contributed by atoms with Crippen LogP contribution in [0.15, 0.2) is 53.9 Å². The maximum atomic E-state index is 14.0. The number of aliphatic hydroxyl groups is 2. The molecule has 0 radical (unpaired) electrons. The van der Waals surface area contributed by atoms with Gasteiger partial charge in [-0.25, -0.2) is 26.5 Å². The van der Waals surface area contributed by atoms with Crippen LogP contribution in [0.1, 0.15) is 32.8 Å². The maximum Gasteiger partial charge on any atom is 0.271 e. The topological polar surface area (TPSA) is 149 Å². The van der Waals surface area contributed by atoms with Crippen molar-refractivity contribution in [1.82, 2.24) is 15.6 Å². The van der Waals surface area contributed by atoms with E-state index in [1.165, 1.54) is 24.2 Å². The largest absolute Gasteiger partial charge is 0.388 e. The lowest BCUT2D eigenvalue weighted by molar-refractivity contribution is -0.0224. The Morgan fingerprint density at radius 3 is 2.21 bits per heavy atom. The molecule has 15 heteroatoms. The Kier molecular flexibility index (Phi) is 11.8. The molecule has 4 N–H and O–H groups in total. The summed E-state index contributed by atoms with van der Waals surface area (Å²) in [5.74, 6) is -2.52. The Hall–Kier alpha value is -3.11. The summed E-state index contributed by atoms with van der Waals surface area (Å²) in [5, 5.41) is 29.2. The minimum Gasteiger partial charge on any atom is -0.388 e. The highest BCUT2D eigenvalue weighted by Crippen LogP contribution is 2.22. The summed E-state index contributed by atoms with van der Waals surface area (Å²) in [5.41, 5.74) is 0.263. The van der Waals surface area contributed by atoms with E-state index in [1.54, 1.807) is 30.3 Å². The molecule has 3 rings (SSSR count). The third-order valence-corrected chi connectivity index (χ3v) is 9.19. The molecule has 0 saturated heterocycles. The van der Waals surface area contributed by atoms with Gasteiger partial charge < -0.3 is 20.8 Å². The number of thiazole rings is 1. The van der Waals surface area contributed by atoms with Crippen LogP contribution in [-0.2, 0) is 16.4 Å². The Morgan fingerprint density at radius 2 is 1.62 bits per heavy atom. The number of sulfonamides is 1. The van der Waals surface area contributed by atoms with E-state index >= 15 is 0 Å². The molecule has 3 aromatic rings. The molecule has 2 amide bonds. The molecule has 0 saturated carbocycles. The third kappa shape index (κ3) is 9.19. The fraction of sp³-hybridized carbons (Fsp3) is 0.370. The Labute approximate surface area is 251 Å². The molecule has 2 aromatic carbocycles. The lowest BCUT2D eigenvalue weighted by Crippen LogP contribution is -2.56. The smallest absolute Gasteiger partial charge is 0.271 e. The van der Waals surface area contributed by atoms with Gasteiger partial charge in [0.25, 0.3) is 11.8 Å². The van der Waals surface area contributed by atoms with Crippen molar-refractivity contribution in [3.63, 3.8) is 0 Å². The van der Waals surface area contributed by atoms with Gasteiger partial charge in [-0.2, -0.15) is 11.8 Å². The zero-order valence-corrected chi connectivity index (χ0v) is 25.5. The number of rotatable bonds is 14. The first-order valence-electron chi connectivity index (χ1n) is 12.7. The van der Waals surface area contributed by atoms with E-state index in [0.717, 1.165) is 34.0 Å². The van der Waals surface area contributed by atoms with E-state index in [9.17, 15) is 37.0 Å². The molecular weight excluding hydrogens is 611 g/mol. The molecule has 228 valence electrons. The van der Waals surface area contributed by atoms with E-state index in [0.29, 0.717) is 17.4 Å². The van der Waals surface area contributed by atoms with Crippen LogP contribution in [0, 0.1) is 11.6 Å². The first-order valence-corrected chi connectivity index (χ1v) is 16.8. The molecule has 42 heavy (non-hydrogen) atoms. The fourth-order valence-corrected chi connectivity index (χ4v) is 6.05. The van der Waals surface area contributed by atoms with Crippen molar-refractivity contribution in [3.05, 3.63) is 82.4 Å². The van der Waals surface area contributed by atoms with Crippen LogP contribution < -0.4 is 14.9 Å². The van der Waals surface area contributed by atoms with Crippen LogP contribution in [0.4, 0.5) is 13.9 Å². The molecule has 1 heterocycles. The van der Waals surface area contributed by atoms with Crippen LogP contribution in [0.3, 0.4) is 0 Å². The van der Waals surface area contributed by atoms with E-state index in [2.05, 4.69) is 15.6 Å². The molecule has 0 fully saturated rings. The number of aromatic nitrogens is 1. The van der Waals surface area contributed by atoms with Gasteiger partial charge in [0.15, 0.2) is 5.13 Å². The number of aliphatic hydroxyl groups excluding tert-OH is 2. The summed E-state index contributed by atoms with van der Waals surface area (Å²) in [7, 11) is -2.37. The third-order valence-electron chi connectivity index (χ3n) is 6.35. The first-order chi connectivity index (χ1) is 19.8. The number of halogens is 2. The van der Waals surface area contributed by atoms with Crippen molar-refractivity contribution in [2.45, 2.75) is 37.1 Å². The van der Waals surface area contributed by atoms with Crippen molar-refractivity contribution in [1.29, 1.82) is 0 Å². The fourth-order valence-electron chi connectivity index (χ4n) is 4.03. The number of nitrogens with one attached hydrogen (secondary N) is 2. The van der Waals surface area contributed by atoms with Crippen molar-refractivity contribution in [2.75, 3.05) is 29.6 Å². The molecule has 4 atom stereocenters. The molecule has 0 spiro atoms. The highest BCUT2D eigenvalue weighted by molar-refractivity contribution is 7.98. The van der Waals surface area contributed by atoms with Crippen molar-refractivity contribution < 1.29 is 37.0 Å². The van der Waals surface area contributed by atoms with E-state index in [1.807, 2.05) is 6.26 Å². The zero-order valence-electron chi connectivity index (χ0n) is 23.0. The van der Waals surface area contributed by atoms with E-state index in [-0.39, 0.29) is 29.2 Å². The molecule has 10 nitrogen and oxygen atoms in total. The van der Waals surface area contributed by atoms with Gasteiger partial charge in [-0.3, -0.25) is 9.59 Å². The van der Waals surface area contributed by atoms with Gasteiger partial charge in [0, 0.05) is 24.1 Å². The summed E-state index contributed by atoms with van der Waals surface area (Å²) in [6, 6.07) is 8.79. The average Bonchev–Trinajstić information content (AvgIpc) is 3.43. The van der Waals surface area contributed by atoms with E-state index < -0.39 is 57.8 Å². The molecule has 0 bridgehead atoms. The average molecular weight is 643 g/mol. The Balaban J connectivity index is 1.89. The number of thioether (sulfide) groups is 1. The number of carbonyl (C=O) groups is 2. The normalized spacial score (nSPS) is 14.5. The molecule has 0 aliphatic carbocycles. The number of anilines is 1. The molecule has 1 aromatic heterocycles. The van der Waals surface area contributed by atoms with Crippen LogP contribution in [0.5, 0.6) is 0 Å². The second kappa shape index (κ2) is 14.9. The van der Waals surface area contributed by atoms with Crippen LogP contribution in [0.25, 0.3) is 0 Å². The second-order valence-electron chi connectivity index (χ2n) is 9.52. The second-order valence-corrected chi connectivity index (χ2v) is 13.4. The van der Waals surface area contributed by atoms with Gasteiger partial charge in [-0.15, -0.1) is 11.3 Å². The van der Waals surface area contributed by atoms with Crippen LogP contribution in [-0.4, -0.2) is 85.0 Å². The predicted octanol–water partition coefficient (Wildman–Crippen LogP) is 2.43. The predicted molar refractivity (Wildman–Crippen MR) is 159 cm³/mol. The molecule has 0 aliphatic heterocycles. The lowest BCUT2D eigenvalue weighted by Gasteiger charge is -2.33. The monoisotopic (exact) mass is 642 g/mol.